The number of ether oxygens (including phenoxy) is 2. The van der Waals surface area contributed by atoms with E-state index in [1.165, 1.54) is 0 Å². The first-order valence-corrected chi connectivity index (χ1v) is 9.31. The van der Waals surface area contributed by atoms with Gasteiger partial charge in [-0.3, -0.25) is 4.79 Å². The molecule has 0 aromatic heterocycles. The molecular weight excluding hydrogens is 373 g/mol. The van der Waals surface area contributed by atoms with Gasteiger partial charge in [0, 0.05) is 18.1 Å². The molecule has 1 aliphatic heterocycles. The van der Waals surface area contributed by atoms with E-state index in [0.29, 0.717) is 35.3 Å². The van der Waals surface area contributed by atoms with Crippen molar-refractivity contribution in [2.75, 3.05) is 20.2 Å². The molecule has 1 unspecified atom stereocenters. The fourth-order valence-electron chi connectivity index (χ4n) is 3.07. The van der Waals surface area contributed by atoms with Gasteiger partial charge in [0.2, 0.25) is 0 Å². The molecular formula is C20H21Cl2NO3. The Kier molecular flexibility index (Phi) is 6.41. The fourth-order valence-corrected chi connectivity index (χ4v) is 3.56. The summed E-state index contributed by atoms with van der Waals surface area (Å²) in [4.78, 5) is 14.6. The van der Waals surface area contributed by atoms with Crippen molar-refractivity contribution in [1.29, 1.82) is 0 Å². The van der Waals surface area contributed by atoms with Crippen LogP contribution in [0.2, 0.25) is 10.0 Å². The zero-order valence-electron chi connectivity index (χ0n) is 14.6. The quantitative estimate of drug-likeness (QED) is 0.730. The van der Waals surface area contributed by atoms with Crippen LogP contribution in [0.5, 0.6) is 5.75 Å². The zero-order chi connectivity index (χ0) is 18.5. The van der Waals surface area contributed by atoms with Gasteiger partial charge in [-0.2, -0.15) is 0 Å². The van der Waals surface area contributed by atoms with E-state index in [2.05, 4.69) is 0 Å². The predicted octanol–water partition coefficient (Wildman–Crippen LogP) is 4.82. The number of likely N-dealkylation sites (tertiary alicyclic amines) is 1. The maximum atomic E-state index is 12.8. The lowest BCUT2D eigenvalue weighted by Crippen LogP contribution is -2.43. The summed E-state index contributed by atoms with van der Waals surface area (Å²) in [5.74, 6) is 0.727. The topological polar surface area (TPSA) is 38.8 Å². The molecule has 3 rings (SSSR count). The second kappa shape index (κ2) is 8.76. The van der Waals surface area contributed by atoms with Crippen molar-refractivity contribution in [2.45, 2.75) is 25.6 Å². The summed E-state index contributed by atoms with van der Waals surface area (Å²) >= 11 is 12.1. The summed E-state index contributed by atoms with van der Waals surface area (Å²) in [5.41, 5.74) is 1.53. The highest BCUT2D eigenvalue weighted by Gasteiger charge is 2.26. The molecule has 1 fully saturated rings. The molecule has 0 N–H and O–H groups in total. The number of carbonyl (C=O) groups is 1. The molecule has 0 radical (unpaired) electrons. The molecule has 1 atom stereocenters. The van der Waals surface area contributed by atoms with Crippen molar-refractivity contribution in [1.82, 2.24) is 4.90 Å². The van der Waals surface area contributed by atoms with Crippen LogP contribution in [-0.2, 0) is 11.3 Å². The number of amides is 1. The minimum atomic E-state index is -0.0821. The zero-order valence-corrected chi connectivity index (χ0v) is 16.1. The van der Waals surface area contributed by atoms with Gasteiger partial charge in [0.25, 0.3) is 5.91 Å². The smallest absolute Gasteiger partial charge is 0.255 e. The third-order valence-corrected chi connectivity index (χ3v) is 4.99. The lowest BCUT2D eigenvalue weighted by Gasteiger charge is -2.33. The van der Waals surface area contributed by atoms with Crippen LogP contribution in [0.1, 0.15) is 28.8 Å². The molecule has 0 bridgehead atoms. The van der Waals surface area contributed by atoms with Gasteiger partial charge >= 0.3 is 0 Å². The Morgan fingerprint density at radius 3 is 2.85 bits per heavy atom. The van der Waals surface area contributed by atoms with Gasteiger partial charge in [-0.1, -0.05) is 35.3 Å². The van der Waals surface area contributed by atoms with Gasteiger partial charge < -0.3 is 14.4 Å². The summed E-state index contributed by atoms with van der Waals surface area (Å²) in [6.45, 7) is 1.75. The van der Waals surface area contributed by atoms with Gasteiger partial charge in [0.05, 0.1) is 30.4 Å². The number of nitrogens with zero attached hydrogens (tertiary/aromatic N) is 1. The number of hydrogen-bond acceptors (Lipinski definition) is 3. The van der Waals surface area contributed by atoms with E-state index in [1.807, 2.05) is 24.3 Å². The predicted molar refractivity (Wildman–Crippen MR) is 103 cm³/mol. The van der Waals surface area contributed by atoms with Crippen LogP contribution < -0.4 is 4.74 Å². The van der Waals surface area contributed by atoms with Crippen LogP contribution in [0.3, 0.4) is 0 Å². The van der Waals surface area contributed by atoms with Crippen molar-refractivity contribution in [2.24, 2.45) is 0 Å². The molecule has 26 heavy (non-hydrogen) atoms. The highest BCUT2D eigenvalue weighted by molar-refractivity contribution is 6.36. The molecule has 1 heterocycles. The Bertz CT molecular complexity index is 781. The van der Waals surface area contributed by atoms with Gasteiger partial charge in [-0.15, -0.1) is 0 Å². The van der Waals surface area contributed by atoms with Crippen LogP contribution in [-0.4, -0.2) is 37.1 Å². The molecule has 1 saturated heterocycles. The van der Waals surface area contributed by atoms with E-state index in [1.54, 1.807) is 30.2 Å². The van der Waals surface area contributed by atoms with Crippen LogP contribution in [0.4, 0.5) is 0 Å². The summed E-state index contributed by atoms with van der Waals surface area (Å²) < 4.78 is 11.3. The number of methoxy groups -OCH3 is 1. The lowest BCUT2D eigenvalue weighted by molar-refractivity contribution is -0.00676. The number of piperidine rings is 1. The minimum absolute atomic E-state index is 0.00461. The van der Waals surface area contributed by atoms with Crippen molar-refractivity contribution in [3.05, 3.63) is 63.6 Å². The molecule has 6 heteroatoms. The first kappa shape index (κ1) is 19.0. The van der Waals surface area contributed by atoms with E-state index in [-0.39, 0.29) is 12.0 Å². The largest absolute Gasteiger partial charge is 0.497 e. The fraction of sp³-hybridized carbons (Fsp3) is 0.350. The van der Waals surface area contributed by atoms with E-state index in [4.69, 9.17) is 32.7 Å². The van der Waals surface area contributed by atoms with Gasteiger partial charge in [0.1, 0.15) is 5.75 Å². The molecule has 2 aromatic rings. The molecule has 0 aliphatic carbocycles. The minimum Gasteiger partial charge on any atom is -0.497 e. The second-order valence-electron chi connectivity index (χ2n) is 6.30. The monoisotopic (exact) mass is 393 g/mol. The van der Waals surface area contributed by atoms with Crippen LogP contribution in [0.25, 0.3) is 0 Å². The van der Waals surface area contributed by atoms with E-state index in [0.717, 1.165) is 24.2 Å². The third-order valence-electron chi connectivity index (χ3n) is 4.45. The Balaban J connectivity index is 1.60. The first-order chi connectivity index (χ1) is 12.6. The Morgan fingerprint density at radius 2 is 2.08 bits per heavy atom. The van der Waals surface area contributed by atoms with Crippen molar-refractivity contribution in [3.63, 3.8) is 0 Å². The SMILES string of the molecule is COc1cccc(COC2CCCN(C(=O)c3ccc(Cl)cc3Cl)C2)c1. The summed E-state index contributed by atoms with van der Waals surface area (Å²) in [7, 11) is 1.65. The van der Waals surface area contributed by atoms with Gasteiger partial charge in [-0.25, -0.2) is 0 Å². The summed E-state index contributed by atoms with van der Waals surface area (Å²) in [6.07, 6.45) is 1.84. The molecule has 0 saturated carbocycles. The van der Waals surface area contributed by atoms with Crippen molar-refractivity contribution >= 4 is 29.1 Å². The van der Waals surface area contributed by atoms with Crippen molar-refractivity contribution in [3.8, 4) is 5.75 Å². The molecule has 0 spiro atoms. The first-order valence-electron chi connectivity index (χ1n) is 8.55. The second-order valence-corrected chi connectivity index (χ2v) is 7.15. The summed E-state index contributed by atoms with van der Waals surface area (Å²) in [5, 5.41) is 0.895. The molecule has 2 aromatic carbocycles. The molecule has 138 valence electrons. The summed E-state index contributed by atoms with van der Waals surface area (Å²) in [6, 6.07) is 12.8. The lowest BCUT2D eigenvalue weighted by atomic mass is 10.1. The average molecular weight is 394 g/mol. The highest BCUT2D eigenvalue weighted by atomic mass is 35.5. The van der Waals surface area contributed by atoms with Crippen LogP contribution >= 0.6 is 23.2 Å². The number of rotatable bonds is 5. The van der Waals surface area contributed by atoms with Crippen LogP contribution in [0.15, 0.2) is 42.5 Å². The molecule has 4 nitrogen and oxygen atoms in total. The Hall–Kier alpha value is -1.75. The Morgan fingerprint density at radius 1 is 1.23 bits per heavy atom. The van der Waals surface area contributed by atoms with Gasteiger partial charge in [0.15, 0.2) is 0 Å². The number of benzene rings is 2. The average Bonchev–Trinajstić information content (AvgIpc) is 2.66. The molecule has 1 amide bonds. The standard InChI is InChI=1S/C20H21Cl2NO3/c1-25-16-5-2-4-14(10-16)13-26-17-6-3-9-23(12-17)20(24)18-8-7-15(21)11-19(18)22/h2,4-5,7-8,10-11,17H,3,6,9,12-13H2,1H3. The maximum absolute atomic E-state index is 12.8. The van der Waals surface area contributed by atoms with Gasteiger partial charge in [-0.05, 0) is 48.7 Å². The highest BCUT2D eigenvalue weighted by Crippen LogP contribution is 2.24. The normalized spacial score (nSPS) is 17.2. The number of hydrogen-bond donors (Lipinski definition) is 0. The maximum Gasteiger partial charge on any atom is 0.255 e. The van der Waals surface area contributed by atoms with E-state index < -0.39 is 0 Å². The van der Waals surface area contributed by atoms with E-state index >= 15 is 0 Å². The van der Waals surface area contributed by atoms with Crippen LogP contribution in [0, 0.1) is 0 Å². The van der Waals surface area contributed by atoms with Crippen molar-refractivity contribution < 1.29 is 14.3 Å². The van der Waals surface area contributed by atoms with E-state index in [9.17, 15) is 4.79 Å². The Labute approximate surface area is 163 Å². The third kappa shape index (κ3) is 4.70. The number of halogens is 2. The number of carbonyl (C=O) groups excluding carboxylic acids is 1. The molecule has 1 aliphatic rings.